The highest BCUT2D eigenvalue weighted by atomic mass is 15.1. The number of hydrogen-bond acceptors (Lipinski definition) is 5. The zero-order valence-electron chi connectivity index (χ0n) is 15.6. The molecule has 6 heteroatoms. The minimum atomic E-state index is 0.0651. The molecular formula is C22H18N6. The van der Waals surface area contributed by atoms with Crippen LogP contribution in [0.2, 0.25) is 0 Å². The van der Waals surface area contributed by atoms with Gasteiger partial charge in [-0.15, -0.1) is 0 Å². The Bertz CT molecular complexity index is 1290. The van der Waals surface area contributed by atoms with Crippen molar-refractivity contribution in [2.24, 2.45) is 0 Å². The summed E-state index contributed by atoms with van der Waals surface area (Å²) in [7, 11) is 0. The molecule has 0 fully saturated rings. The number of fused-ring (bicyclic) bond motifs is 2. The van der Waals surface area contributed by atoms with Gasteiger partial charge in [-0.25, -0.2) is 15.0 Å². The van der Waals surface area contributed by atoms with Crippen LogP contribution in [0.15, 0.2) is 67.4 Å². The smallest absolute Gasteiger partial charge is 0.197 e. The molecule has 0 N–H and O–H groups in total. The third-order valence-corrected chi connectivity index (χ3v) is 5.02. The molecule has 1 aromatic carbocycles. The van der Waals surface area contributed by atoms with Crippen molar-refractivity contribution in [2.45, 2.75) is 19.9 Å². The van der Waals surface area contributed by atoms with E-state index in [2.05, 4.69) is 55.7 Å². The molecule has 0 aliphatic rings. The summed E-state index contributed by atoms with van der Waals surface area (Å²) in [5.41, 5.74) is 6.26. The lowest BCUT2D eigenvalue weighted by Crippen LogP contribution is -2.07. The first kappa shape index (κ1) is 16.5. The van der Waals surface area contributed by atoms with Gasteiger partial charge in [-0.2, -0.15) is 0 Å². The summed E-state index contributed by atoms with van der Waals surface area (Å²) < 4.78 is 2.06. The van der Waals surface area contributed by atoms with Gasteiger partial charge < -0.3 is 4.57 Å². The molecule has 0 spiro atoms. The van der Waals surface area contributed by atoms with Gasteiger partial charge in [-0.1, -0.05) is 12.1 Å². The van der Waals surface area contributed by atoms with E-state index in [1.165, 1.54) is 5.56 Å². The van der Waals surface area contributed by atoms with Crippen LogP contribution in [-0.4, -0.2) is 29.5 Å². The third-order valence-electron chi connectivity index (χ3n) is 5.02. The maximum atomic E-state index is 4.83. The molecule has 0 amide bonds. The maximum absolute atomic E-state index is 4.83. The fourth-order valence-corrected chi connectivity index (χ4v) is 3.37. The lowest BCUT2D eigenvalue weighted by Gasteiger charge is -2.15. The summed E-state index contributed by atoms with van der Waals surface area (Å²) >= 11 is 0. The fraction of sp³-hybridized carbons (Fsp3) is 0.136. The lowest BCUT2D eigenvalue weighted by atomic mass is 10.1. The highest BCUT2D eigenvalue weighted by molar-refractivity contribution is 5.79. The molecule has 0 aliphatic heterocycles. The zero-order valence-corrected chi connectivity index (χ0v) is 15.6. The highest BCUT2D eigenvalue weighted by Gasteiger charge is 2.15. The second-order valence-electron chi connectivity index (χ2n) is 6.87. The number of imidazole rings is 1. The number of pyridine rings is 2. The fourth-order valence-electron chi connectivity index (χ4n) is 3.37. The van der Waals surface area contributed by atoms with Crippen LogP contribution in [0.1, 0.15) is 24.2 Å². The van der Waals surface area contributed by atoms with E-state index >= 15 is 0 Å². The summed E-state index contributed by atoms with van der Waals surface area (Å²) in [6.45, 7) is 4.11. The number of benzene rings is 1. The van der Waals surface area contributed by atoms with Gasteiger partial charge in [0.2, 0.25) is 0 Å². The highest BCUT2D eigenvalue weighted by Crippen LogP contribution is 2.26. The maximum Gasteiger partial charge on any atom is 0.197 e. The van der Waals surface area contributed by atoms with Gasteiger partial charge in [0.1, 0.15) is 0 Å². The molecule has 4 heterocycles. The molecule has 0 radical (unpaired) electrons. The van der Waals surface area contributed by atoms with Gasteiger partial charge in [0, 0.05) is 29.0 Å². The first-order chi connectivity index (χ1) is 13.7. The normalized spacial score (nSPS) is 12.5. The van der Waals surface area contributed by atoms with Crippen LogP contribution in [-0.2, 0) is 0 Å². The third kappa shape index (κ3) is 2.79. The number of rotatable bonds is 3. The Hall–Kier alpha value is -3.67. The van der Waals surface area contributed by atoms with Crippen LogP contribution in [0.5, 0.6) is 0 Å². The van der Waals surface area contributed by atoms with Gasteiger partial charge in [0.15, 0.2) is 11.3 Å². The van der Waals surface area contributed by atoms with Crippen molar-refractivity contribution in [3.8, 4) is 11.3 Å². The predicted octanol–water partition coefficient (Wildman–Crippen LogP) is 4.35. The Morgan fingerprint density at radius 1 is 0.929 bits per heavy atom. The summed E-state index contributed by atoms with van der Waals surface area (Å²) in [6.07, 6.45) is 7.19. The largest absolute Gasteiger partial charge is 0.307 e. The molecule has 4 aromatic heterocycles. The quantitative estimate of drug-likeness (QED) is 0.475. The van der Waals surface area contributed by atoms with E-state index < -0.39 is 0 Å². The van der Waals surface area contributed by atoms with Crippen LogP contribution in [0.25, 0.3) is 33.5 Å². The molecule has 0 saturated carbocycles. The van der Waals surface area contributed by atoms with Gasteiger partial charge in [-0.05, 0) is 49.7 Å². The molecule has 0 bridgehead atoms. The van der Waals surface area contributed by atoms with E-state index in [4.69, 9.17) is 4.98 Å². The SMILES string of the molecule is Cc1ccc(-c2cnc3ncn(C(C)c4ccc5ncccc5c4)c3n2)cn1. The summed E-state index contributed by atoms with van der Waals surface area (Å²) in [6, 6.07) is 14.4. The molecule has 136 valence electrons. The molecule has 5 aromatic rings. The summed E-state index contributed by atoms with van der Waals surface area (Å²) in [5.74, 6) is 0. The van der Waals surface area contributed by atoms with Crippen molar-refractivity contribution < 1.29 is 0 Å². The second kappa shape index (κ2) is 6.49. The van der Waals surface area contributed by atoms with E-state index in [0.29, 0.717) is 5.65 Å². The summed E-state index contributed by atoms with van der Waals surface area (Å²) in [4.78, 5) is 22.5. The van der Waals surface area contributed by atoms with Gasteiger partial charge in [-0.3, -0.25) is 9.97 Å². The molecule has 5 rings (SSSR count). The van der Waals surface area contributed by atoms with Crippen molar-refractivity contribution in [3.05, 3.63) is 78.6 Å². The van der Waals surface area contributed by atoms with E-state index in [0.717, 1.165) is 33.5 Å². The topological polar surface area (TPSA) is 69.4 Å². The number of aryl methyl sites for hydroxylation is 1. The predicted molar refractivity (Wildman–Crippen MR) is 109 cm³/mol. The average molecular weight is 366 g/mol. The van der Waals surface area contributed by atoms with Gasteiger partial charge in [0.05, 0.1) is 29.8 Å². The number of hydrogen-bond donors (Lipinski definition) is 0. The van der Waals surface area contributed by atoms with Gasteiger partial charge >= 0.3 is 0 Å². The van der Waals surface area contributed by atoms with Crippen LogP contribution in [0.3, 0.4) is 0 Å². The Kier molecular flexibility index (Phi) is 3.83. The van der Waals surface area contributed by atoms with Crippen LogP contribution >= 0.6 is 0 Å². The Morgan fingerprint density at radius 3 is 2.71 bits per heavy atom. The van der Waals surface area contributed by atoms with Crippen LogP contribution < -0.4 is 0 Å². The molecule has 0 aliphatic carbocycles. The van der Waals surface area contributed by atoms with E-state index in [-0.39, 0.29) is 6.04 Å². The molecule has 28 heavy (non-hydrogen) atoms. The zero-order chi connectivity index (χ0) is 19.1. The standard InChI is InChI=1S/C22H18N6/c1-14-5-6-18(11-24-14)20-12-25-21-22(27-20)28(13-26-21)15(2)16-7-8-19-17(10-16)4-3-9-23-19/h3-13,15H,1-2H3. The second-order valence-corrected chi connectivity index (χ2v) is 6.87. The molecule has 1 unspecified atom stereocenters. The van der Waals surface area contributed by atoms with Crippen LogP contribution in [0, 0.1) is 6.92 Å². The Balaban J connectivity index is 1.59. The lowest BCUT2D eigenvalue weighted by molar-refractivity contribution is 0.653. The first-order valence-electron chi connectivity index (χ1n) is 9.16. The number of aromatic nitrogens is 6. The number of nitrogens with zero attached hydrogens (tertiary/aromatic N) is 6. The van der Waals surface area contributed by atoms with Crippen molar-refractivity contribution in [1.29, 1.82) is 0 Å². The van der Waals surface area contributed by atoms with E-state index in [1.807, 2.05) is 37.5 Å². The molecule has 0 saturated heterocycles. The average Bonchev–Trinajstić information content (AvgIpc) is 3.16. The molecule has 1 atom stereocenters. The van der Waals surface area contributed by atoms with E-state index in [1.54, 1.807) is 12.5 Å². The molecular weight excluding hydrogens is 348 g/mol. The summed E-state index contributed by atoms with van der Waals surface area (Å²) in [5, 5.41) is 1.12. The monoisotopic (exact) mass is 366 g/mol. The minimum Gasteiger partial charge on any atom is -0.307 e. The van der Waals surface area contributed by atoms with E-state index in [9.17, 15) is 0 Å². The minimum absolute atomic E-state index is 0.0651. The Morgan fingerprint density at radius 2 is 1.86 bits per heavy atom. The molecule has 6 nitrogen and oxygen atoms in total. The van der Waals surface area contributed by atoms with Crippen molar-refractivity contribution in [1.82, 2.24) is 29.5 Å². The van der Waals surface area contributed by atoms with Crippen molar-refractivity contribution >= 4 is 22.2 Å². The van der Waals surface area contributed by atoms with Gasteiger partial charge in [0.25, 0.3) is 0 Å². The Labute approximate surface area is 162 Å². The van der Waals surface area contributed by atoms with Crippen LogP contribution in [0.4, 0.5) is 0 Å². The first-order valence-corrected chi connectivity index (χ1v) is 9.16. The van der Waals surface area contributed by atoms with Crippen molar-refractivity contribution in [2.75, 3.05) is 0 Å². The van der Waals surface area contributed by atoms with Crippen molar-refractivity contribution in [3.63, 3.8) is 0 Å².